The fourth-order valence-electron chi connectivity index (χ4n) is 2.97. The van der Waals surface area contributed by atoms with Gasteiger partial charge in [0.2, 0.25) is 0 Å². The Bertz CT molecular complexity index is 633. The molecule has 1 aliphatic heterocycles. The zero-order chi connectivity index (χ0) is 14.4. The predicted octanol–water partition coefficient (Wildman–Crippen LogP) is 3.81. The van der Waals surface area contributed by atoms with Crippen molar-refractivity contribution in [1.82, 2.24) is 0 Å². The van der Waals surface area contributed by atoms with Crippen molar-refractivity contribution in [1.29, 1.82) is 0 Å². The Labute approximate surface area is 126 Å². The minimum Gasteiger partial charge on any atom is -0.269 e. The third-order valence-electron chi connectivity index (χ3n) is 4.32. The molecule has 0 fully saturated rings. The Morgan fingerprint density at radius 3 is 2.05 bits per heavy atom. The molecule has 2 amide bonds. The molecule has 2 aliphatic rings. The van der Waals surface area contributed by atoms with E-state index in [0.29, 0.717) is 0 Å². The van der Waals surface area contributed by atoms with Gasteiger partial charge < -0.3 is 0 Å². The Morgan fingerprint density at radius 2 is 1.50 bits per heavy atom. The van der Waals surface area contributed by atoms with Gasteiger partial charge >= 0.3 is 0 Å². The van der Waals surface area contributed by atoms with Crippen molar-refractivity contribution < 1.29 is 9.59 Å². The molecule has 0 saturated heterocycles. The van der Waals surface area contributed by atoms with E-state index in [0.717, 1.165) is 58.1 Å². The lowest BCUT2D eigenvalue weighted by atomic mass is 9.93. The number of carbonyl (C=O) groups excluding carboxylic acids is 2. The molecule has 0 saturated carbocycles. The molecule has 0 aromatic heterocycles. The zero-order valence-corrected chi connectivity index (χ0v) is 13.2. The first kappa shape index (κ1) is 13.6. The van der Waals surface area contributed by atoms with Gasteiger partial charge in [-0.1, -0.05) is 15.9 Å². The van der Waals surface area contributed by atoms with Crippen molar-refractivity contribution in [2.75, 3.05) is 4.90 Å². The van der Waals surface area contributed by atoms with Crippen LogP contribution in [-0.4, -0.2) is 11.8 Å². The molecule has 3 nitrogen and oxygen atoms in total. The van der Waals surface area contributed by atoms with Crippen LogP contribution in [0.3, 0.4) is 0 Å². The smallest absolute Gasteiger partial charge is 0.261 e. The summed E-state index contributed by atoms with van der Waals surface area (Å²) in [6, 6.07) is 3.75. The van der Waals surface area contributed by atoms with Gasteiger partial charge in [0.05, 0.1) is 5.69 Å². The molecule has 1 aromatic rings. The highest BCUT2D eigenvalue weighted by Crippen LogP contribution is 2.38. The predicted molar refractivity (Wildman–Crippen MR) is 81.6 cm³/mol. The standard InChI is InChI=1S/C16H16BrNO2/c1-9-10(2)14(8-7-13(9)17)18-15(19)11-5-3-4-6-12(11)16(18)20/h7-8H,3-6H2,1-2H3. The number of halogens is 1. The SMILES string of the molecule is Cc1c(Br)ccc(N2C(=O)C3=C(CCCC3)C2=O)c1C. The molecular weight excluding hydrogens is 318 g/mol. The van der Waals surface area contributed by atoms with Gasteiger partial charge in [-0.25, -0.2) is 4.90 Å². The minimum atomic E-state index is -0.116. The second-order valence-corrected chi connectivity index (χ2v) is 6.28. The van der Waals surface area contributed by atoms with E-state index in [1.165, 1.54) is 4.90 Å². The Hall–Kier alpha value is -1.42. The summed E-state index contributed by atoms with van der Waals surface area (Å²) in [6.07, 6.45) is 3.49. The van der Waals surface area contributed by atoms with Gasteiger partial charge in [0.1, 0.15) is 0 Å². The van der Waals surface area contributed by atoms with Crippen LogP contribution in [0.5, 0.6) is 0 Å². The van der Waals surface area contributed by atoms with E-state index in [1.807, 2.05) is 26.0 Å². The van der Waals surface area contributed by atoms with Gasteiger partial charge in [-0.3, -0.25) is 9.59 Å². The molecule has 1 aliphatic carbocycles. The molecule has 20 heavy (non-hydrogen) atoms. The fourth-order valence-corrected chi connectivity index (χ4v) is 3.40. The highest BCUT2D eigenvalue weighted by atomic mass is 79.9. The summed E-state index contributed by atoms with van der Waals surface area (Å²) in [5.74, 6) is -0.232. The van der Waals surface area contributed by atoms with Crippen molar-refractivity contribution >= 4 is 33.4 Å². The van der Waals surface area contributed by atoms with Crippen LogP contribution in [0.15, 0.2) is 27.8 Å². The highest BCUT2D eigenvalue weighted by Gasteiger charge is 2.40. The van der Waals surface area contributed by atoms with Crippen molar-refractivity contribution in [2.45, 2.75) is 39.5 Å². The highest BCUT2D eigenvalue weighted by molar-refractivity contribution is 9.10. The van der Waals surface area contributed by atoms with Crippen molar-refractivity contribution in [3.63, 3.8) is 0 Å². The molecule has 1 aromatic carbocycles. The lowest BCUT2D eigenvalue weighted by Crippen LogP contribution is -2.32. The maximum Gasteiger partial charge on any atom is 0.261 e. The van der Waals surface area contributed by atoms with E-state index < -0.39 is 0 Å². The molecule has 3 rings (SSSR count). The number of hydrogen-bond donors (Lipinski definition) is 0. The van der Waals surface area contributed by atoms with E-state index >= 15 is 0 Å². The Balaban J connectivity index is 2.07. The van der Waals surface area contributed by atoms with Gasteiger partial charge in [0.25, 0.3) is 11.8 Å². The summed E-state index contributed by atoms with van der Waals surface area (Å²) in [5, 5.41) is 0. The van der Waals surface area contributed by atoms with Crippen LogP contribution in [0.1, 0.15) is 36.8 Å². The Kier molecular flexibility index (Phi) is 3.28. The van der Waals surface area contributed by atoms with Crippen LogP contribution in [0.2, 0.25) is 0 Å². The summed E-state index contributed by atoms with van der Waals surface area (Å²) in [7, 11) is 0. The minimum absolute atomic E-state index is 0.116. The monoisotopic (exact) mass is 333 g/mol. The molecule has 0 spiro atoms. The lowest BCUT2D eigenvalue weighted by molar-refractivity contribution is -0.120. The maximum absolute atomic E-state index is 12.5. The number of amides is 2. The molecule has 0 bridgehead atoms. The Morgan fingerprint density at radius 1 is 0.950 bits per heavy atom. The average molecular weight is 334 g/mol. The lowest BCUT2D eigenvalue weighted by Gasteiger charge is -2.19. The second kappa shape index (κ2) is 4.85. The van der Waals surface area contributed by atoms with Crippen LogP contribution in [0.4, 0.5) is 5.69 Å². The van der Waals surface area contributed by atoms with Crippen molar-refractivity contribution in [3.05, 3.63) is 38.9 Å². The molecule has 1 heterocycles. The van der Waals surface area contributed by atoms with Crippen LogP contribution in [0.25, 0.3) is 0 Å². The topological polar surface area (TPSA) is 37.4 Å². The summed E-state index contributed by atoms with van der Waals surface area (Å²) >= 11 is 3.48. The number of rotatable bonds is 1. The molecule has 0 atom stereocenters. The normalized spacial score (nSPS) is 18.9. The number of carbonyl (C=O) groups is 2. The van der Waals surface area contributed by atoms with Gasteiger partial charge in [0, 0.05) is 15.6 Å². The first-order valence-electron chi connectivity index (χ1n) is 6.89. The summed E-state index contributed by atoms with van der Waals surface area (Å²) < 4.78 is 0.996. The molecule has 0 unspecified atom stereocenters. The largest absolute Gasteiger partial charge is 0.269 e. The number of benzene rings is 1. The average Bonchev–Trinajstić information content (AvgIpc) is 2.70. The summed E-state index contributed by atoms with van der Waals surface area (Å²) in [6.45, 7) is 3.94. The third kappa shape index (κ3) is 1.85. The van der Waals surface area contributed by atoms with Gasteiger partial charge in [-0.05, 0) is 62.8 Å². The van der Waals surface area contributed by atoms with Gasteiger partial charge in [0.15, 0.2) is 0 Å². The van der Waals surface area contributed by atoms with E-state index in [4.69, 9.17) is 0 Å². The molecule has 0 N–H and O–H groups in total. The van der Waals surface area contributed by atoms with Crippen LogP contribution < -0.4 is 4.90 Å². The van der Waals surface area contributed by atoms with Crippen LogP contribution in [-0.2, 0) is 9.59 Å². The quantitative estimate of drug-likeness (QED) is 0.733. The number of imide groups is 1. The van der Waals surface area contributed by atoms with Gasteiger partial charge in [-0.15, -0.1) is 0 Å². The van der Waals surface area contributed by atoms with Crippen LogP contribution >= 0.6 is 15.9 Å². The molecule has 0 radical (unpaired) electrons. The molecule has 4 heteroatoms. The maximum atomic E-state index is 12.5. The molecular formula is C16H16BrNO2. The van der Waals surface area contributed by atoms with Crippen LogP contribution in [0, 0.1) is 13.8 Å². The molecule has 104 valence electrons. The first-order chi connectivity index (χ1) is 9.52. The van der Waals surface area contributed by atoms with E-state index in [2.05, 4.69) is 15.9 Å². The van der Waals surface area contributed by atoms with E-state index in [9.17, 15) is 9.59 Å². The van der Waals surface area contributed by atoms with Gasteiger partial charge in [-0.2, -0.15) is 0 Å². The third-order valence-corrected chi connectivity index (χ3v) is 5.18. The second-order valence-electron chi connectivity index (χ2n) is 5.43. The van der Waals surface area contributed by atoms with E-state index in [-0.39, 0.29) is 11.8 Å². The fraction of sp³-hybridized carbons (Fsp3) is 0.375. The zero-order valence-electron chi connectivity index (χ0n) is 11.6. The van der Waals surface area contributed by atoms with E-state index in [1.54, 1.807) is 0 Å². The summed E-state index contributed by atoms with van der Waals surface area (Å²) in [5.41, 5.74) is 4.23. The first-order valence-corrected chi connectivity index (χ1v) is 7.68. The number of nitrogens with zero attached hydrogens (tertiary/aromatic N) is 1. The summed E-state index contributed by atoms with van der Waals surface area (Å²) in [4.78, 5) is 26.4. The number of anilines is 1. The van der Waals surface area contributed by atoms with Crippen molar-refractivity contribution in [2.24, 2.45) is 0 Å². The van der Waals surface area contributed by atoms with Crippen molar-refractivity contribution in [3.8, 4) is 0 Å². The number of hydrogen-bond acceptors (Lipinski definition) is 2.